The molecule has 1 rings (SSSR count). The molecule has 0 heterocycles. The lowest BCUT2D eigenvalue weighted by atomic mass is 10.0. The largest absolute Gasteiger partial charge is 0.339 e. The molecule has 0 aromatic heterocycles. The molecule has 0 saturated carbocycles. The first-order valence-corrected chi connectivity index (χ1v) is 6.97. The lowest BCUT2D eigenvalue weighted by Gasteiger charge is -2.27. The number of amides is 1. The van der Waals surface area contributed by atoms with Crippen LogP contribution in [0.1, 0.15) is 38.8 Å². The standard InChI is InChI=1S/C15H23ClN2O/c1-10(2)14(17)9-15(19)18(4)11(3)12-5-7-13(16)8-6-12/h5-8,10-11,14H,9,17H2,1-4H3. The maximum Gasteiger partial charge on any atom is 0.224 e. The van der Waals surface area contributed by atoms with Crippen molar-refractivity contribution in [2.45, 2.75) is 39.3 Å². The number of benzene rings is 1. The number of hydrogen-bond acceptors (Lipinski definition) is 2. The molecule has 3 nitrogen and oxygen atoms in total. The lowest BCUT2D eigenvalue weighted by molar-refractivity contribution is -0.132. The highest BCUT2D eigenvalue weighted by molar-refractivity contribution is 6.30. The fraction of sp³-hybridized carbons (Fsp3) is 0.533. The van der Waals surface area contributed by atoms with Gasteiger partial charge in [-0.1, -0.05) is 37.6 Å². The second-order valence-electron chi connectivity index (χ2n) is 5.34. The van der Waals surface area contributed by atoms with E-state index in [-0.39, 0.29) is 18.0 Å². The summed E-state index contributed by atoms with van der Waals surface area (Å²) in [5.41, 5.74) is 7.02. The zero-order valence-electron chi connectivity index (χ0n) is 12.1. The molecule has 0 bridgehead atoms. The molecule has 2 unspecified atom stereocenters. The third-order valence-electron chi connectivity index (χ3n) is 3.59. The van der Waals surface area contributed by atoms with Gasteiger partial charge in [-0.15, -0.1) is 0 Å². The number of hydrogen-bond donors (Lipinski definition) is 1. The highest BCUT2D eigenvalue weighted by Crippen LogP contribution is 2.21. The molecular formula is C15H23ClN2O. The Balaban J connectivity index is 2.68. The zero-order valence-corrected chi connectivity index (χ0v) is 12.8. The third-order valence-corrected chi connectivity index (χ3v) is 3.85. The number of carbonyl (C=O) groups is 1. The summed E-state index contributed by atoms with van der Waals surface area (Å²) in [6, 6.07) is 7.49. The van der Waals surface area contributed by atoms with E-state index in [9.17, 15) is 4.79 Å². The Morgan fingerprint density at radius 3 is 2.26 bits per heavy atom. The van der Waals surface area contributed by atoms with Crippen LogP contribution in [0.15, 0.2) is 24.3 Å². The van der Waals surface area contributed by atoms with E-state index in [4.69, 9.17) is 17.3 Å². The van der Waals surface area contributed by atoms with E-state index >= 15 is 0 Å². The van der Waals surface area contributed by atoms with E-state index in [1.54, 1.807) is 4.90 Å². The number of nitrogens with two attached hydrogens (primary N) is 1. The van der Waals surface area contributed by atoms with Crippen LogP contribution in [0.3, 0.4) is 0 Å². The molecule has 0 aliphatic heterocycles. The number of rotatable bonds is 5. The van der Waals surface area contributed by atoms with Crippen LogP contribution < -0.4 is 5.73 Å². The summed E-state index contributed by atoms with van der Waals surface area (Å²) in [4.78, 5) is 13.9. The first-order valence-electron chi connectivity index (χ1n) is 6.59. The Bertz CT molecular complexity index is 417. The summed E-state index contributed by atoms with van der Waals surface area (Å²) in [5.74, 6) is 0.381. The van der Waals surface area contributed by atoms with E-state index < -0.39 is 0 Å². The van der Waals surface area contributed by atoms with Crippen LogP contribution >= 0.6 is 11.6 Å². The zero-order chi connectivity index (χ0) is 14.6. The van der Waals surface area contributed by atoms with Gasteiger partial charge in [-0.05, 0) is 30.5 Å². The maximum atomic E-state index is 12.2. The van der Waals surface area contributed by atoms with Gasteiger partial charge in [0, 0.05) is 24.5 Å². The number of halogens is 1. The van der Waals surface area contributed by atoms with Crippen molar-refractivity contribution >= 4 is 17.5 Å². The molecule has 2 N–H and O–H groups in total. The fourth-order valence-corrected chi connectivity index (χ4v) is 1.89. The van der Waals surface area contributed by atoms with Crippen molar-refractivity contribution in [3.8, 4) is 0 Å². The summed E-state index contributed by atoms with van der Waals surface area (Å²) in [7, 11) is 1.81. The quantitative estimate of drug-likeness (QED) is 0.901. The summed E-state index contributed by atoms with van der Waals surface area (Å²) in [5, 5.41) is 0.701. The molecule has 1 aromatic carbocycles. The minimum atomic E-state index is -0.0904. The second-order valence-corrected chi connectivity index (χ2v) is 5.78. The van der Waals surface area contributed by atoms with Gasteiger partial charge in [0.15, 0.2) is 0 Å². The predicted octanol–water partition coefficient (Wildman–Crippen LogP) is 3.23. The average Bonchev–Trinajstić information content (AvgIpc) is 2.37. The van der Waals surface area contributed by atoms with E-state index in [1.807, 2.05) is 52.1 Å². The number of nitrogens with zero attached hydrogens (tertiary/aromatic N) is 1. The summed E-state index contributed by atoms with van der Waals surface area (Å²) < 4.78 is 0. The van der Waals surface area contributed by atoms with Crippen LogP contribution in [-0.2, 0) is 4.79 Å². The van der Waals surface area contributed by atoms with Gasteiger partial charge in [0.1, 0.15) is 0 Å². The van der Waals surface area contributed by atoms with Crippen molar-refractivity contribution in [2.75, 3.05) is 7.05 Å². The smallest absolute Gasteiger partial charge is 0.224 e. The molecule has 1 aromatic rings. The molecule has 0 aliphatic carbocycles. The van der Waals surface area contributed by atoms with Crippen LogP contribution in [0, 0.1) is 5.92 Å². The van der Waals surface area contributed by atoms with Crippen molar-refractivity contribution in [3.05, 3.63) is 34.9 Å². The van der Waals surface area contributed by atoms with E-state index in [2.05, 4.69) is 0 Å². The molecule has 19 heavy (non-hydrogen) atoms. The minimum Gasteiger partial charge on any atom is -0.339 e. The summed E-state index contributed by atoms with van der Waals surface area (Å²) in [6.07, 6.45) is 0.381. The third kappa shape index (κ3) is 4.51. The van der Waals surface area contributed by atoms with Crippen LogP contribution in [0.25, 0.3) is 0 Å². The SMILES string of the molecule is CC(C)C(N)CC(=O)N(C)C(C)c1ccc(Cl)cc1. The van der Waals surface area contributed by atoms with Gasteiger partial charge < -0.3 is 10.6 Å². The highest BCUT2D eigenvalue weighted by atomic mass is 35.5. The maximum absolute atomic E-state index is 12.2. The van der Waals surface area contributed by atoms with Gasteiger partial charge in [0.2, 0.25) is 5.91 Å². The van der Waals surface area contributed by atoms with E-state index in [0.29, 0.717) is 17.4 Å². The van der Waals surface area contributed by atoms with Crippen LogP contribution in [-0.4, -0.2) is 23.9 Å². The Labute approximate surface area is 120 Å². The first-order chi connectivity index (χ1) is 8.82. The molecule has 0 spiro atoms. The van der Waals surface area contributed by atoms with Gasteiger partial charge in [0.25, 0.3) is 0 Å². The highest BCUT2D eigenvalue weighted by Gasteiger charge is 2.20. The predicted molar refractivity (Wildman–Crippen MR) is 80.1 cm³/mol. The molecule has 0 aliphatic rings. The number of carbonyl (C=O) groups excluding carboxylic acids is 1. The van der Waals surface area contributed by atoms with Gasteiger partial charge in [-0.2, -0.15) is 0 Å². The average molecular weight is 283 g/mol. The van der Waals surface area contributed by atoms with Crippen LogP contribution in [0.4, 0.5) is 0 Å². The second kappa shape index (κ2) is 6.92. The molecular weight excluding hydrogens is 260 g/mol. The minimum absolute atomic E-state index is 0.0177. The molecule has 0 radical (unpaired) electrons. The fourth-order valence-electron chi connectivity index (χ4n) is 1.76. The Morgan fingerprint density at radius 2 is 1.79 bits per heavy atom. The molecule has 2 atom stereocenters. The lowest BCUT2D eigenvalue weighted by Crippen LogP contribution is -2.37. The molecule has 0 fully saturated rings. The summed E-state index contributed by atoms with van der Waals surface area (Å²) in [6.45, 7) is 6.06. The monoisotopic (exact) mass is 282 g/mol. The molecule has 1 amide bonds. The Kier molecular flexibility index (Phi) is 5.83. The first kappa shape index (κ1) is 16.0. The van der Waals surface area contributed by atoms with E-state index in [1.165, 1.54) is 0 Å². The van der Waals surface area contributed by atoms with Gasteiger partial charge in [0.05, 0.1) is 6.04 Å². The van der Waals surface area contributed by atoms with Crippen molar-refractivity contribution < 1.29 is 4.79 Å². The van der Waals surface area contributed by atoms with Crippen molar-refractivity contribution in [2.24, 2.45) is 11.7 Å². The Hall–Kier alpha value is -1.06. The topological polar surface area (TPSA) is 46.3 Å². The van der Waals surface area contributed by atoms with Crippen molar-refractivity contribution in [3.63, 3.8) is 0 Å². The van der Waals surface area contributed by atoms with Gasteiger partial charge >= 0.3 is 0 Å². The van der Waals surface area contributed by atoms with Gasteiger partial charge in [-0.3, -0.25) is 4.79 Å². The summed E-state index contributed by atoms with van der Waals surface area (Å²) >= 11 is 5.87. The Morgan fingerprint density at radius 1 is 1.26 bits per heavy atom. The molecule has 4 heteroatoms. The van der Waals surface area contributed by atoms with E-state index in [0.717, 1.165) is 5.56 Å². The van der Waals surface area contributed by atoms with Crippen molar-refractivity contribution in [1.29, 1.82) is 0 Å². The van der Waals surface area contributed by atoms with Crippen LogP contribution in [0.5, 0.6) is 0 Å². The molecule has 106 valence electrons. The van der Waals surface area contributed by atoms with Crippen molar-refractivity contribution in [1.82, 2.24) is 4.90 Å². The van der Waals surface area contributed by atoms with Gasteiger partial charge in [-0.25, -0.2) is 0 Å². The molecule has 0 saturated heterocycles. The normalized spacial score (nSPS) is 14.3. The van der Waals surface area contributed by atoms with Crippen LogP contribution in [0.2, 0.25) is 5.02 Å².